The van der Waals surface area contributed by atoms with Crippen molar-refractivity contribution >= 4 is 21.8 Å². The first-order valence-electron chi connectivity index (χ1n) is 11.6. The van der Waals surface area contributed by atoms with E-state index in [4.69, 9.17) is 9.47 Å². The highest BCUT2D eigenvalue weighted by atomic mass is 32.2. The summed E-state index contributed by atoms with van der Waals surface area (Å²) >= 11 is 0. The van der Waals surface area contributed by atoms with E-state index < -0.39 is 16.1 Å². The SMILES string of the molecule is CC(C)C(=O)N1CCC(NC(=O)C(NS(=O)(=O)c2ccc3c(c2)OCCCO3)C(C)C)CC1. The van der Waals surface area contributed by atoms with Gasteiger partial charge in [0.25, 0.3) is 0 Å². The van der Waals surface area contributed by atoms with Gasteiger partial charge in [-0.05, 0) is 30.9 Å². The first-order chi connectivity index (χ1) is 15.6. The van der Waals surface area contributed by atoms with Crippen LogP contribution in [0, 0.1) is 11.8 Å². The monoisotopic (exact) mass is 481 g/mol. The quantitative estimate of drug-likeness (QED) is 0.615. The maximum atomic E-state index is 13.1. The van der Waals surface area contributed by atoms with Gasteiger partial charge in [-0.1, -0.05) is 27.7 Å². The Morgan fingerprint density at radius 3 is 2.27 bits per heavy atom. The van der Waals surface area contributed by atoms with E-state index in [0.717, 1.165) is 6.42 Å². The van der Waals surface area contributed by atoms with Gasteiger partial charge in [-0.15, -0.1) is 0 Å². The fraction of sp³-hybridized carbons (Fsp3) is 0.652. The lowest BCUT2D eigenvalue weighted by Gasteiger charge is -2.34. The van der Waals surface area contributed by atoms with Crippen molar-refractivity contribution in [3.63, 3.8) is 0 Å². The fourth-order valence-electron chi connectivity index (χ4n) is 3.94. The molecule has 0 radical (unpaired) electrons. The van der Waals surface area contributed by atoms with Gasteiger partial charge in [0.15, 0.2) is 11.5 Å². The van der Waals surface area contributed by atoms with Crippen LogP contribution >= 0.6 is 0 Å². The lowest BCUT2D eigenvalue weighted by Crippen LogP contribution is -2.54. The number of likely N-dealkylation sites (tertiary alicyclic amines) is 1. The Morgan fingerprint density at radius 2 is 1.67 bits per heavy atom. The molecule has 1 unspecified atom stereocenters. The third-order valence-corrected chi connectivity index (χ3v) is 7.35. The van der Waals surface area contributed by atoms with Crippen molar-refractivity contribution in [2.24, 2.45) is 11.8 Å². The van der Waals surface area contributed by atoms with Gasteiger partial charge < -0.3 is 19.7 Å². The normalized spacial score (nSPS) is 18.2. The minimum atomic E-state index is -3.96. The van der Waals surface area contributed by atoms with Crippen molar-refractivity contribution in [2.45, 2.75) is 63.9 Å². The molecule has 2 aliphatic rings. The number of sulfonamides is 1. The molecule has 0 bridgehead atoms. The third-order valence-electron chi connectivity index (χ3n) is 5.91. The summed E-state index contributed by atoms with van der Waals surface area (Å²) in [5.41, 5.74) is 0. The molecule has 0 aliphatic carbocycles. The second-order valence-electron chi connectivity index (χ2n) is 9.26. The molecule has 1 atom stereocenters. The summed E-state index contributed by atoms with van der Waals surface area (Å²) in [7, 11) is -3.96. The molecular weight excluding hydrogens is 446 g/mol. The Balaban J connectivity index is 1.65. The number of carbonyl (C=O) groups excluding carboxylic acids is 2. The Kier molecular flexibility index (Phi) is 8.23. The van der Waals surface area contributed by atoms with E-state index in [0.29, 0.717) is 50.6 Å². The number of rotatable bonds is 7. The summed E-state index contributed by atoms with van der Waals surface area (Å²) in [6.45, 7) is 9.46. The van der Waals surface area contributed by atoms with Gasteiger partial charge in [-0.2, -0.15) is 4.72 Å². The van der Waals surface area contributed by atoms with Crippen LogP contribution in [-0.4, -0.2) is 63.5 Å². The molecule has 3 rings (SSSR count). The zero-order chi connectivity index (χ0) is 24.2. The molecule has 10 heteroatoms. The van der Waals surface area contributed by atoms with Gasteiger partial charge in [0, 0.05) is 37.5 Å². The number of nitrogens with zero attached hydrogens (tertiary/aromatic N) is 1. The summed E-state index contributed by atoms with van der Waals surface area (Å²) in [4.78, 5) is 27.0. The van der Waals surface area contributed by atoms with Gasteiger partial charge in [-0.3, -0.25) is 9.59 Å². The Morgan fingerprint density at radius 1 is 1.03 bits per heavy atom. The van der Waals surface area contributed by atoms with Crippen LogP contribution in [0.2, 0.25) is 0 Å². The zero-order valence-corrected chi connectivity index (χ0v) is 20.6. The van der Waals surface area contributed by atoms with E-state index in [1.807, 2.05) is 18.7 Å². The summed E-state index contributed by atoms with van der Waals surface area (Å²) in [6.07, 6.45) is 2.00. The van der Waals surface area contributed by atoms with E-state index in [1.165, 1.54) is 12.1 Å². The summed E-state index contributed by atoms with van der Waals surface area (Å²) < 4.78 is 39.9. The highest BCUT2D eigenvalue weighted by Crippen LogP contribution is 2.32. The minimum Gasteiger partial charge on any atom is -0.490 e. The van der Waals surface area contributed by atoms with E-state index in [-0.39, 0.29) is 34.6 Å². The predicted octanol–water partition coefficient (Wildman–Crippen LogP) is 1.91. The van der Waals surface area contributed by atoms with Crippen LogP contribution in [-0.2, 0) is 19.6 Å². The van der Waals surface area contributed by atoms with Crippen LogP contribution < -0.4 is 19.5 Å². The standard InChI is InChI=1S/C23H35N3O6S/c1-15(2)21(22(27)24-17-8-10-26(11-9-17)23(28)16(3)4)25-33(29,30)18-6-7-19-20(14-18)32-13-5-12-31-19/h6-7,14-17,21,25H,5,8-13H2,1-4H3,(H,24,27). The molecule has 1 saturated heterocycles. The molecule has 2 N–H and O–H groups in total. The Bertz CT molecular complexity index is 955. The third kappa shape index (κ3) is 6.38. The highest BCUT2D eigenvalue weighted by molar-refractivity contribution is 7.89. The van der Waals surface area contributed by atoms with Crippen molar-refractivity contribution in [3.8, 4) is 11.5 Å². The summed E-state index contributed by atoms with van der Waals surface area (Å²) in [5, 5.41) is 2.97. The van der Waals surface area contributed by atoms with Gasteiger partial charge in [0.2, 0.25) is 21.8 Å². The molecule has 0 spiro atoms. The van der Waals surface area contributed by atoms with E-state index in [1.54, 1.807) is 19.9 Å². The number of nitrogens with one attached hydrogen (secondary N) is 2. The first-order valence-corrected chi connectivity index (χ1v) is 13.1. The average molecular weight is 482 g/mol. The van der Waals surface area contributed by atoms with Gasteiger partial charge >= 0.3 is 0 Å². The molecular formula is C23H35N3O6S. The van der Waals surface area contributed by atoms with E-state index >= 15 is 0 Å². The predicted molar refractivity (Wildman–Crippen MR) is 124 cm³/mol. The lowest BCUT2D eigenvalue weighted by molar-refractivity contribution is -0.135. The van der Waals surface area contributed by atoms with Crippen molar-refractivity contribution in [1.82, 2.24) is 14.9 Å². The zero-order valence-electron chi connectivity index (χ0n) is 19.8. The van der Waals surface area contributed by atoms with Crippen molar-refractivity contribution < 1.29 is 27.5 Å². The van der Waals surface area contributed by atoms with Crippen LogP contribution in [0.3, 0.4) is 0 Å². The molecule has 9 nitrogen and oxygen atoms in total. The van der Waals surface area contributed by atoms with Crippen molar-refractivity contribution in [1.29, 1.82) is 0 Å². The molecule has 2 aliphatic heterocycles. The lowest BCUT2D eigenvalue weighted by atomic mass is 10.0. The van der Waals surface area contributed by atoms with Crippen molar-refractivity contribution in [3.05, 3.63) is 18.2 Å². The molecule has 184 valence electrons. The molecule has 33 heavy (non-hydrogen) atoms. The van der Waals surface area contributed by atoms with Crippen LogP contribution in [0.25, 0.3) is 0 Å². The molecule has 2 heterocycles. The minimum absolute atomic E-state index is 0.0192. The number of piperidine rings is 1. The van der Waals surface area contributed by atoms with Gasteiger partial charge in [0.1, 0.15) is 6.04 Å². The number of hydrogen-bond acceptors (Lipinski definition) is 6. The van der Waals surface area contributed by atoms with Crippen LogP contribution in [0.1, 0.15) is 47.0 Å². The second-order valence-corrected chi connectivity index (χ2v) is 11.0. The molecule has 2 amide bonds. The van der Waals surface area contributed by atoms with Crippen LogP contribution in [0.4, 0.5) is 0 Å². The Labute approximate surface area is 196 Å². The summed E-state index contributed by atoms with van der Waals surface area (Å²) in [6, 6.07) is 3.43. The number of benzene rings is 1. The first kappa shape index (κ1) is 25.3. The maximum Gasteiger partial charge on any atom is 0.241 e. The number of carbonyl (C=O) groups is 2. The Hall–Kier alpha value is -2.33. The maximum absolute atomic E-state index is 13.1. The van der Waals surface area contributed by atoms with Crippen molar-refractivity contribution in [2.75, 3.05) is 26.3 Å². The number of hydrogen-bond donors (Lipinski definition) is 2. The van der Waals surface area contributed by atoms with E-state index in [2.05, 4.69) is 10.0 Å². The highest BCUT2D eigenvalue weighted by Gasteiger charge is 2.32. The topological polar surface area (TPSA) is 114 Å². The fourth-order valence-corrected chi connectivity index (χ4v) is 5.30. The summed E-state index contributed by atoms with van der Waals surface area (Å²) in [5.74, 6) is 0.318. The van der Waals surface area contributed by atoms with E-state index in [9.17, 15) is 18.0 Å². The average Bonchev–Trinajstić information content (AvgIpc) is 3.02. The number of fused-ring (bicyclic) bond motifs is 1. The largest absolute Gasteiger partial charge is 0.490 e. The molecule has 0 aromatic heterocycles. The van der Waals surface area contributed by atoms with Crippen LogP contribution in [0.5, 0.6) is 11.5 Å². The van der Waals surface area contributed by atoms with Gasteiger partial charge in [0.05, 0.1) is 18.1 Å². The molecule has 1 fully saturated rings. The molecule has 0 saturated carbocycles. The molecule has 1 aromatic carbocycles. The van der Waals surface area contributed by atoms with Crippen LogP contribution in [0.15, 0.2) is 23.1 Å². The second kappa shape index (κ2) is 10.7. The molecule has 1 aromatic rings. The number of ether oxygens (including phenoxy) is 2. The van der Waals surface area contributed by atoms with Gasteiger partial charge in [-0.25, -0.2) is 8.42 Å². The smallest absolute Gasteiger partial charge is 0.241 e. The number of amides is 2.